The zero-order valence-corrected chi connectivity index (χ0v) is 20.5. The van der Waals surface area contributed by atoms with Gasteiger partial charge >= 0.3 is 0 Å². The van der Waals surface area contributed by atoms with Gasteiger partial charge in [0.05, 0.1) is 33.5 Å². The van der Waals surface area contributed by atoms with Crippen LogP contribution in [-0.4, -0.2) is 18.9 Å². The van der Waals surface area contributed by atoms with Crippen LogP contribution < -0.4 is 0 Å². The highest BCUT2D eigenvalue weighted by molar-refractivity contribution is 6.20. The molecule has 4 nitrogen and oxygen atoms in total. The first kappa shape index (κ1) is 20.9. The van der Waals surface area contributed by atoms with Crippen LogP contribution >= 0.6 is 0 Å². The van der Waals surface area contributed by atoms with Crippen LogP contribution in [0.25, 0.3) is 66.7 Å². The molecule has 0 aliphatic heterocycles. The maximum atomic E-state index is 5.25. The van der Waals surface area contributed by atoms with Gasteiger partial charge in [-0.05, 0) is 29.8 Å². The minimum Gasteiger partial charge on any atom is -0.314 e. The summed E-state index contributed by atoms with van der Waals surface area (Å²) in [6, 6.07) is 44.2. The Hall–Kier alpha value is -5.22. The third-order valence-corrected chi connectivity index (χ3v) is 7.34. The van der Waals surface area contributed by atoms with Crippen molar-refractivity contribution in [2.75, 3.05) is 0 Å². The van der Waals surface area contributed by atoms with Gasteiger partial charge in [-0.25, -0.2) is 9.97 Å². The molecule has 0 aliphatic rings. The molecule has 4 aromatic carbocycles. The fourth-order valence-electron chi connectivity index (χ4n) is 5.74. The van der Waals surface area contributed by atoms with Crippen molar-refractivity contribution < 1.29 is 0 Å². The van der Waals surface area contributed by atoms with Crippen molar-refractivity contribution in [2.24, 2.45) is 0 Å². The summed E-state index contributed by atoms with van der Waals surface area (Å²) in [5.74, 6) is 0.671. The highest BCUT2D eigenvalue weighted by Gasteiger charge is 2.24. The molecular formula is C34H22N4. The van der Waals surface area contributed by atoms with Crippen LogP contribution in [0.1, 0.15) is 0 Å². The smallest absolute Gasteiger partial charge is 0.235 e. The summed E-state index contributed by atoms with van der Waals surface area (Å²) in [7, 11) is 0. The average molecular weight is 487 g/mol. The molecule has 4 heteroatoms. The minimum absolute atomic E-state index is 0.671. The summed E-state index contributed by atoms with van der Waals surface area (Å²) in [6.45, 7) is 0. The Morgan fingerprint density at radius 1 is 0.500 bits per heavy atom. The van der Waals surface area contributed by atoms with E-state index in [-0.39, 0.29) is 0 Å². The Labute approximate surface area is 219 Å². The van der Waals surface area contributed by atoms with Gasteiger partial charge < -0.3 is 4.40 Å². The Bertz CT molecular complexity index is 2110. The molecule has 0 spiro atoms. The molecule has 38 heavy (non-hydrogen) atoms. The van der Waals surface area contributed by atoms with Crippen LogP contribution in [0.3, 0.4) is 0 Å². The summed E-state index contributed by atoms with van der Waals surface area (Å²) in [5.41, 5.74) is 8.61. The summed E-state index contributed by atoms with van der Waals surface area (Å²) >= 11 is 0. The Balaban J connectivity index is 1.56. The van der Waals surface area contributed by atoms with E-state index >= 15 is 0 Å². The van der Waals surface area contributed by atoms with Crippen LogP contribution in [0.2, 0.25) is 0 Å². The summed E-state index contributed by atoms with van der Waals surface area (Å²) in [5, 5.41) is 3.43. The molecule has 4 heterocycles. The standard InChI is InChI=1S/C34H22N4/c1-3-13-23(14-4-1)31-25-17-7-9-19-27(25)35-34(36-31)38-28-20-10-8-18-26(28)30-32(24-15-5-2-6-16-24)37-22-12-11-21-29(37)33(30)38/h1-22H. The molecule has 0 saturated heterocycles. The number of benzene rings is 4. The van der Waals surface area contributed by atoms with Gasteiger partial charge in [0.2, 0.25) is 5.95 Å². The maximum Gasteiger partial charge on any atom is 0.235 e. The van der Waals surface area contributed by atoms with Gasteiger partial charge in [-0.15, -0.1) is 0 Å². The number of aromatic nitrogens is 4. The summed E-state index contributed by atoms with van der Waals surface area (Å²) in [4.78, 5) is 10.4. The number of hydrogen-bond acceptors (Lipinski definition) is 2. The maximum absolute atomic E-state index is 5.25. The zero-order valence-electron chi connectivity index (χ0n) is 20.5. The number of para-hydroxylation sites is 2. The molecule has 0 saturated carbocycles. The molecule has 0 bridgehead atoms. The second kappa shape index (κ2) is 8.15. The third-order valence-electron chi connectivity index (χ3n) is 7.34. The summed E-state index contributed by atoms with van der Waals surface area (Å²) < 4.78 is 4.54. The van der Waals surface area contributed by atoms with E-state index in [1.54, 1.807) is 0 Å². The van der Waals surface area contributed by atoms with Gasteiger partial charge in [-0.3, -0.25) is 4.57 Å². The number of rotatable bonds is 3. The van der Waals surface area contributed by atoms with Crippen LogP contribution in [0.15, 0.2) is 134 Å². The van der Waals surface area contributed by atoms with Crippen LogP contribution in [0.4, 0.5) is 0 Å². The fourth-order valence-corrected chi connectivity index (χ4v) is 5.74. The normalized spacial score (nSPS) is 11.7. The minimum atomic E-state index is 0.671. The lowest BCUT2D eigenvalue weighted by molar-refractivity contribution is 1.01. The highest BCUT2D eigenvalue weighted by Crippen LogP contribution is 2.42. The molecule has 4 aromatic heterocycles. The van der Waals surface area contributed by atoms with Crippen molar-refractivity contribution in [3.8, 4) is 28.5 Å². The molecule has 8 rings (SSSR count). The number of nitrogens with zero attached hydrogens (tertiary/aromatic N) is 4. The van der Waals surface area contributed by atoms with E-state index in [9.17, 15) is 0 Å². The van der Waals surface area contributed by atoms with E-state index in [1.807, 2.05) is 12.1 Å². The van der Waals surface area contributed by atoms with Gasteiger partial charge in [0.1, 0.15) is 0 Å². The lowest BCUT2D eigenvalue weighted by atomic mass is 10.1. The SMILES string of the molecule is c1ccc(-c2nc(-n3c4ccccc4c4c(-c5ccccc5)n5ccccc5c43)nc3ccccc23)cc1. The first-order chi connectivity index (χ1) is 18.9. The largest absolute Gasteiger partial charge is 0.314 e. The second-order valence-electron chi connectivity index (χ2n) is 9.50. The molecule has 0 unspecified atom stereocenters. The van der Waals surface area contributed by atoms with E-state index < -0.39 is 0 Å². The van der Waals surface area contributed by atoms with Crippen molar-refractivity contribution in [3.05, 3.63) is 134 Å². The predicted molar refractivity (Wildman–Crippen MR) is 156 cm³/mol. The van der Waals surface area contributed by atoms with E-state index in [1.165, 1.54) is 22.0 Å². The first-order valence-electron chi connectivity index (χ1n) is 12.8. The van der Waals surface area contributed by atoms with Crippen molar-refractivity contribution in [2.45, 2.75) is 0 Å². The van der Waals surface area contributed by atoms with Gasteiger partial charge in [0.15, 0.2) is 0 Å². The number of pyridine rings is 1. The van der Waals surface area contributed by atoms with E-state index in [0.717, 1.165) is 38.7 Å². The molecule has 0 fully saturated rings. The van der Waals surface area contributed by atoms with Crippen LogP contribution in [0, 0.1) is 0 Å². The second-order valence-corrected chi connectivity index (χ2v) is 9.50. The van der Waals surface area contributed by atoms with Crippen LogP contribution in [-0.2, 0) is 0 Å². The van der Waals surface area contributed by atoms with Gasteiger partial charge in [0.25, 0.3) is 0 Å². The number of fused-ring (bicyclic) bond motifs is 6. The van der Waals surface area contributed by atoms with E-state index in [0.29, 0.717) is 5.95 Å². The van der Waals surface area contributed by atoms with Crippen molar-refractivity contribution in [1.29, 1.82) is 0 Å². The van der Waals surface area contributed by atoms with Gasteiger partial charge in [-0.2, -0.15) is 0 Å². The topological polar surface area (TPSA) is 35.1 Å². The molecule has 0 atom stereocenters. The lowest BCUT2D eigenvalue weighted by Crippen LogP contribution is -2.03. The Morgan fingerprint density at radius 3 is 1.95 bits per heavy atom. The molecule has 178 valence electrons. The molecule has 8 aromatic rings. The molecular weight excluding hydrogens is 464 g/mol. The fraction of sp³-hybridized carbons (Fsp3) is 0. The van der Waals surface area contributed by atoms with Crippen molar-refractivity contribution in [1.82, 2.24) is 18.9 Å². The average Bonchev–Trinajstić information content (AvgIpc) is 3.50. The lowest BCUT2D eigenvalue weighted by Gasteiger charge is -2.12. The molecule has 0 N–H and O–H groups in total. The van der Waals surface area contributed by atoms with Crippen molar-refractivity contribution >= 4 is 38.2 Å². The first-order valence-corrected chi connectivity index (χ1v) is 12.8. The van der Waals surface area contributed by atoms with Gasteiger partial charge in [0, 0.05) is 27.9 Å². The highest BCUT2D eigenvalue weighted by atomic mass is 15.2. The van der Waals surface area contributed by atoms with Crippen molar-refractivity contribution in [3.63, 3.8) is 0 Å². The van der Waals surface area contributed by atoms with E-state index in [2.05, 4.69) is 130 Å². The summed E-state index contributed by atoms with van der Waals surface area (Å²) in [6.07, 6.45) is 2.15. The van der Waals surface area contributed by atoms with E-state index in [4.69, 9.17) is 9.97 Å². The van der Waals surface area contributed by atoms with Crippen LogP contribution in [0.5, 0.6) is 0 Å². The predicted octanol–water partition coefficient (Wildman–Crippen LogP) is 8.31. The Morgan fingerprint density at radius 2 is 1.13 bits per heavy atom. The number of hydrogen-bond donors (Lipinski definition) is 0. The monoisotopic (exact) mass is 486 g/mol. The molecule has 0 amide bonds. The third kappa shape index (κ3) is 2.98. The van der Waals surface area contributed by atoms with Gasteiger partial charge in [-0.1, -0.05) is 103 Å². The molecule has 0 aliphatic carbocycles. The zero-order chi connectivity index (χ0) is 25.1. The Kier molecular flexibility index (Phi) is 4.49. The quantitative estimate of drug-likeness (QED) is 0.252. The molecule has 0 radical (unpaired) electrons.